The van der Waals surface area contributed by atoms with E-state index in [2.05, 4.69) is 5.32 Å². The van der Waals surface area contributed by atoms with E-state index >= 15 is 0 Å². The number of ether oxygens (including phenoxy) is 3. The van der Waals surface area contributed by atoms with Crippen molar-refractivity contribution in [2.45, 2.75) is 51.0 Å². The van der Waals surface area contributed by atoms with Gasteiger partial charge in [0.25, 0.3) is 0 Å². The van der Waals surface area contributed by atoms with E-state index in [4.69, 9.17) is 24.4 Å². The third-order valence-corrected chi connectivity index (χ3v) is 8.77. The first kappa shape index (κ1) is 38.3. The zero-order valence-electron chi connectivity index (χ0n) is 29.8. The van der Waals surface area contributed by atoms with E-state index in [1.54, 1.807) is 60.7 Å². The van der Waals surface area contributed by atoms with Crippen LogP contribution in [0.1, 0.15) is 70.7 Å². The number of benzene rings is 4. The summed E-state index contributed by atoms with van der Waals surface area (Å²) in [4.78, 5) is 38.1. The molecule has 0 saturated heterocycles. The van der Waals surface area contributed by atoms with E-state index in [0.29, 0.717) is 41.1 Å². The summed E-state index contributed by atoms with van der Waals surface area (Å²) in [7, 11) is 0. The Balaban J connectivity index is 1.22. The Morgan fingerprint density at radius 3 is 2.36 bits per heavy atom. The number of amides is 1. The number of carbonyl (C=O) groups excluding carboxylic acids is 2. The second kappa shape index (κ2) is 16.7. The van der Waals surface area contributed by atoms with Crippen molar-refractivity contribution in [3.63, 3.8) is 0 Å². The molecule has 14 heteroatoms. The topological polar surface area (TPSA) is 142 Å². The number of carboxylic acid groups (broad SMARTS) is 1. The Morgan fingerprint density at radius 2 is 1.65 bits per heavy atom. The molecular formula is C41H37F3N4O7. The second-order valence-corrected chi connectivity index (χ2v) is 12.9. The van der Waals surface area contributed by atoms with E-state index in [9.17, 15) is 32.7 Å². The highest BCUT2D eigenvalue weighted by molar-refractivity contribution is 5.77. The lowest BCUT2D eigenvalue weighted by atomic mass is 9.88. The van der Waals surface area contributed by atoms with Crippen molar-refractivity contribution >= 4 is 23.9 Å². The number of aromatic nitrogens is 3. The number of carbonyl (C=O) groups is 3. The van der Waals surface area contributed by atoms with Crippen LogP contribution in [-0.2, 0) is 31.7 Å². The Bertz CT molecular complexity index is 2190. The molecule has 11 nitrogen and oxygen atoms in total. The number of nitrogens with zero attached hydrogens (tertiary/aromatic N) is 3. The lowest BCUT2D eigenvalue weighted by Gasteiger charge is -2.20. The summed E-state index contributed by atoms with van der Waals surface area (Å²) in [5.41, 5.74) is 3.53. The zero-order valence-corrected chi connectivity index (χ0v) is 29.8. The summed E-state index contributed by atoms with van der Waals surface area (Å²) in [6.45, 7) is 3.10. The van der Waals surface area contributed by atoms with Crippen molar-refractivity contribution < 1.29 is 46.9 Å². The van der Waals surface area contributed by atoms with Crippen LogP contribution in [0.15, 0.2) is 103 Å². The molecule has 0 saturated carbocycles. The van der Waals surface area contributed by atoms with Gasteiger partial charge in [-0.2, -0.15) is 18.3 Å². The van der Waals surface area contributed by atoms with Gasteiger partial charge in [0.2, 0.25) is 18.1 Å². The average Bonchev–Trinajstić information content (AvgIpc) is 3.61. The van der Waals surface area contributed by atoms with Gasteiger partial charge in [-0.15, -0.1) is 9.90 Å². The molecule has 0 bridgehead atoms. The number of aryl methyl sites for hydroxylation is 1. The molecule has 3 unspecified atom stereocenters. The Hall–Kier alpha value is -6.44. The van der Waals surface area contributed by atoms with E-state index in [-0.39, 0.29) is 30.7 Å². The van der Waals surface area contributed by atoms with E-state index < -0.39 is 35.9 Å². The van der Waals surface area contributed by atoms with Gasteiger partial charge in [0, 0.05) is 24.0 Å². The molecule has 5 aromatic rings. The first-order valence-corrected chi connectivity index (χ1v) is 17.4. The molecule has 0 aliphatic heterocycles. The number of rotatable bonds is 14. The van der Waals surface area contributed by atoms with Crippen LogP contribution >= 0.6 is 0 Å². The van der Waals surface area contributed by atoms with Crippen molar-refractivity contribution in [1.29, 1.82) is 0 Å². The van der Waals surface area contributed by atoms with Crippen molar-refractivity contribution in [3.05, 3.63) is 142 Å². The van der Waals surface area contributed by atoms with Crippen LogP contribution in [0.4, 0.5) is 13.2 Å². The van der Waals surface area contributed by atoms with Crippen LogP contribution in [0.3, 0.4) is 0 Å². The quantitative estimate of drug-likeness (QED) is 0.0880. The van der Waals surface area contributed by atoms with E-state index in [1.807, 2.05) is 31.2 Å². The van der Waals surface area contributed by atoms with Gasteiger partial charge in [0.05, 0.1) is 17.8 Å². The largest absolute Gasteiger partial charge is 0.478 e. The Kier molecular flexibility index (Phi) is 11.6. The highest BCUT2D eigenvalue weighted by Gasteiger charge is 2.32. The fourth-order valence-corrected chi connectivity index (χ4v) is 6.08. The number of nitrogens with one attached hydrogen (secondary N) is 1. The normalized spacial score (nSPS) is 14.7. The molecule has 2 N–H and O–H groups in total. The molecule has 55 heavy (non-hydrogen) atoms. The number of carboxylic acids is 1. The SMILES string of the molecule is CC(=O)NCCOC(=O)C(Oc1cccc(C(F)(F)F)c1)c1ccc(CC2CC=Cc3nn(-c4cc(C)ccc4OC(C(=O)O)c4ccccc4)nc32)cc1. The fraction of sp³-hybridized carbons (Fsp3) is 0.244. The average molecular weight is 755 g/mol. The zero-order chi connectivity index (χ0) is 39.1. The van der Waals surface area contributed by atoms with E-state index in [1.165, 1.54) is 23.9 Å². The summed E-state index contributed by atoms with van der Waals surface area (Å²) in [5.74, 6) is -2.28. The van der Waals surface area contributed by atoms with Crippen molar-refractivity contribution in [2.24, 2.45) is 0 Å². The summed E-state index contributed by atoms with van der Waals surface area (Å²) >= 11 is 0. The van der Waals surface area contributed by atoms with Gasteiger partial charge < -0.3 is 24.6 Å². The van der Waals surface area contributed by atoms with Crippen LogP contribution in [0, 0.1) is 6.92 Å². The first-order valence-electron chi connectivity index (χ1n) is 17.4. The molecule has 1 amide bonds. The Morgan fingerprint density at radius 1 is 0.909 bits per heavy atom. The number of allylic oxidation sites excluding steroid dienone is 1. The molecule has 284 valence electrons. The predicted molar refractivity (Wildman–Crippen MR) is 195 cm³/mol. The summed E-state index contributed by atoms with van der Waals surface area (Å²) < 4.78 is 57.4. The Labute approximate surface area is 314 Å². The minimum atomic E-state index is -4.61. The number of aliphatic carboxylic acids is 1. The van der Waals surface area contributed by atoms with Crippen molar-refractivity contribution in [3.8, 4) is 17.2 Å². The van der Waals surface area contributed by atoms with Gasteiger partial charge in [-0.25, -0.2) is 9.59 Å². The predicted octanol–water partition coefficient (Wildman–Crippen LogP) is 7.34. The molecule has 0 spiro atoms. The van der Waals surface area contributed by atoms with Crippen LogP contribution in [0.5, 0.6) is 11.5 Å². The first-order chi connectivity index (χ1) is 26.4. The number of fused-ring (bicyclic) bond motifs is 1. The van der Waals surface area contributed by atoms with Gasteiger partial charge >= 0.3 is 18.1 Å². The maximum Gasteiger partial charge on any atom is 0.416 e. The number of halogens is 3. The molecule has 3 atom stereocenters. The molecule has 4 aromatic carbocycles. The molecule has 0 radical (unpaired) electrons. The minimum Gasteiger partial charge on any atom is -0.478 e. The third-order valence-electron chi connectivity index (χ3n) is 8.77. The highest BCUT2D eigenvalue weighted by atomic mass is 19.4. The highest BCUT2D eigenvalue weighted by Crippen LogP contribution is 2.35. The van der Waals surface area contributed by atoms with Gasteiger partial charge in [0.15, 0.2) is 0 Å². The second-order valence-electron chi connectivity index (χ2n) is 12.9. The fourth-order valence-electron chi connectivity index (χ4n) is 6.08. The van der Waals surface area contributed by atoms with Gasteiger partial charge in [-0.1, -0.05) is 72.8 Å². The molecule has 1 aliphatic carbocycles. The molecular weight excluding hydrogens is 717 g/mol. The maximum atomic E-state index is 13.4. The van der Waals surface area contributed by atoms with E-state index in [0.717, 1.165) is 29.0 Å². The smallest absolute Gasteiger partial charge is 0.416 e. The van der Waals surface area contributed by atoms with Gasteiger partial charge in [-0.05, 0) is 67.3 Å². The van der Waals surface area contributed by atoms with Crippen molar-refractivity contribution in [1.82, 2.24) is 20.3 Å². The lowest BCUT2D eigenvalue weighted by molar-refractivity contribution is -0.152. The number of hydrogen-bond donors (Lipinski definition) is 2. The van der Waals surface area contributed by atoms with Crippen LogP contribution in [0.2, 0.25) is 0 Å². The monoisotopic (exact) mass is 754 g/mol. The summed E-state index contributed by atoms with van der Waals surface area (Å²) in [5, 5.41) is 22.1. The van der Waals surface area contributed by atoms with Crippen molar-refractivity contribution in [2.75, 3.05) is 13.2 Å². The van der Waals surface area contributed by atoms with Crippen LogP contribution in [-0.4, -0.2) is 51.1 Å². The minimum absolute atomic E-state index is 0.0491. The molecule has 1 aliphatic rings. The molecule has 0 fully saturated rings. The number of esters is 1. The maximum absolute atomic E-state index is 13.4. The molecule has 1 aromatic heterocycles. The third kappa shape index (κ3) is 9.57. The number of alkyl halides is 3. The number of hydrogen-bond acceptors (Lipinski definition) is 8. The van der Waals surface area contributed by atoms with Gasteiger partial charge in [-0.3, -0.25) is 4.79 Å². The molecule has 6 rings (SSSR count). The van der Waals surface area contributed by atoms with Crippen LogP contribution in [0.25, 0.3) is 11.8 Å². The summed E-state index contributed by atoms with van der Waals surface area (Å²) in [6, 6.07) is 25.1. The van der Waals surface area contributed by atoms with Gasteiger partial charge in [0.1, 0.15) is 29.5 Å². The lowest BCUT2D eigenvalue weighted by Crippen LogP contribution is -2.28. The standard InChI is InChI=1S/C41H37F3N4O7/c1-25-14-19-35(55-37(39(50)51)28-8-4-3-5-9-28)34(22-25)48-46-33-13-6-10-30(36(33)47-48)23-27-15-17-29(18-16-27)38(40(52)53-21-20-45-26(2)49)54-32-12-7-11-31(24-32)41(42,43)44/h3-9,11-19,22,24,30,37-38H,10,20-21,23H2,1-2H3,(H,45,49)(H,50,51). The summed E-state index contributed by atoms with van der Waals surface area (Å²) in [6.07, 6.45) is -2.20. The van der Waals surface area contributed by atoms with Crippen LogP contribution < -0.4 is 14.8 Å². The molecule has 1 heterocycles.